The number of ether oxygens (including phenoxy) is 1. The number of rotatable bonds is 5. The Labute approximate surface area is 121 Å². The fraction of sp³-hybridized carbons (Fsp3) is 0.133. The van der Waals surface area contributed by atoms with Crippen LogP contribution in [0.1, 0.15) is 11.1 Å². The summed E-state index contributed by atoms with van der Waals surface area (Å²) in [6, 6.07) is 13.6. The van der Waals surface area contributed by atoms with Gasteiger partial charge in [-0.1, -0.05) is 18.2 Å². The van der Waals surface area contributed by atoms with E-state index >= 15 is 0 Å². The van der Waals surface area contributed by atoms with Crippen LogP contribution in [0.15, 0.2) is 42.5 Å². The first-order valence-corrected chi connectivity index (χ1v) is 6.20. The zero-order chi connectivity index (χ0) is 15.2. The molecular formula is C15H13N3O3. The van der Waals surface area contributed by atoms with E-state index in [1.807, 2.05) is 12.1 Å². The van der Waals surface area contributed by atoms with Gasteiger partial charge < -0.3 is 10.1 Å². The lowest BCUT2D eigenvalue weighted by Gasteiger charge is -2.11. The van der Waals surface area contributed by atoms with Crippen molar-refractivity contribution in [1.29, 1.82) is 5.26 Å². The third kappa shape index (κ3) is 3.28. The number of benzene rings is 2. The number of nitrogens with one attached hydrogen (secondary N) is 1. The second kappa shape index (κ2) is 6.39. The molecule has 2 aromatic carbocycles. The number of hydrogen-bond donors (Lipinski definition) is 1. The summed E-state index contributed by atoms with van der Waals surface area (Å²) in [6.45, 7) is 0.376. The van der Waals surface area contributed by atoms with E-state index in [4.69, 9.17) is 10.00 Å². The maximum Gasteiger partial charge on any atom is 0.271 e. The molecule has 0 fully saturated rings. The topological polar surface area (TPSA) is 88.2 Å². The largest absolute Gasteiger partial charge is 0.495 e. The van der Waals surface area contributed by atoms with Crippen LogP contribution in [-0.4, -0.2) is 12.0 Å². The first-order chi connectivity index (χ1) is 10.2. The van der Waals surface area contributed by atoms with E-state index in [-0.39, 0.29) is 5.69 Å². The molecule has 0 radical (unpaired) electrons. The van der Waals surface area contributed by atoms with Crippen LogP contribution in [0.2, 0.25) is 0 Å². The zero-order valence-corrected chi connectivity index (χ0v) is 11.4. The van der Waals surface area contributed by atoms with E-state index in [1.54, 1.807) is 12.1 Å². The molecule has 0 aliphatic carbocycles. The summed E-state index contributed by atoms with van der Waals surface area (Å²) < 4.78 is 5.17. The average Bonchev–Trinajstić information content (AvgIpc) is 2.52. The van der Waals surface area contributed by atoms with E-state index in [0.29, 0.717) is 23.5 Å². The van der Waals surface area contributed by atoms with Gasteiger partial charge in [0.05, 0.1) is 29.4 Å². The maximum atomic E-state index is 10.8. The van der Waals surface area contributed by atoms with Gasteiger partial charge in [-0.05, 0) is 17.7 Å². The zero-order valence-electron chi connectivity index (χ0n) is 11.4. The molecule has 2 rings (SSSR count). The van der Waals surface area contributed by atoms with Crippen molar-refractivity contribution in [3.8, 4) is 11.8 Å². The Morgan fingerprint density at radius 3 is 2.76 bits per heavy atom. The van der Waals surface area contributed by atoms with Crippen LogP contribution in [0.4, 0.5) is 11.4 Å². The van der Waals surface area contributed by atoms with Crippen LogP contribution in [0.25, 0.3) is 0 Å². The lowest BCUT2D eigenvalue weighted by atomic mass is 10.1. The molecular weight excluding hydrogens is 270 g/mol. The number of nitrogens with zero attached hydrogens (tertiary/aromatic N) is 2. The molecule has 6 nitrogen and oxygen atoms in total. The van der Waals surface area contributed by atoms with Gasteiger partial charge in [0.15, 0.2) is 0 Å². The third-order valence-electron chi connectivity index (χ3n) is 3.00. The molecule has 0 atom stereocenters. The van der Waals surface area contributed by atoms with Crippen LogP contribution >= 0.6 is 0 Å². The van der Waals surface area contributed by atoms with E-state index < -0.39 is 4.92 Å². The quantitative estimate of drug-likeness (QED) is 0.673. The van der Waals surface area contributed by atoms with Crippen molar-refractivity contribution < 1.29 is 9.66 Å². The summed E-state index contributed by atoms with van der Waals surface area (Å²) >= 11 is 0. The highest BCUT2D eigenvalue weighted by molar-refractivity contribution is 5.62. The number of non-ortho nitro benzene ring substituents is 1. The van der Waals surface area contributed by atoms with Gasteiger partial charge in [-0.3, -0.25) is 10.1 Å². The Bertz CT molecular complexity index is 708. The molecule has 0 aliphatic rings. The van der Waals surface area contributed by atoms with Crippen LogP contribution in [0.3, 0.4) is 0 Å². The predicted molar refractivity (Wildman–Crippen MR) is 78.1 cm³/mol. The van der Waals surface area contributed by atoms with Gasteiger partial charge in [0, 0.05) is 18.7 Å². The molecule has 0 unspecified atom stereocenters. The second-order valence-electron chi connectivity index (χ2n) is 4.26. The van der Waals surface area contributed by atoms with Gasteiger partial charge in [-0.25, -0.2) is 0 Å². The number of hydrogen-bond acceptors (Lipinski definition) is 5. The van der Waals surface area contributed by atoms with Crippen molar-refractivity contribution in [2.24, 2.45) is 0 Å². The summed E-state index contributed by atoms with van der Waals surface area (Å²) in [5, 5.41) is 22.9. The minimum atomic E-state index is -0.464. The smallest absolute Gasteiger partial charge is 0.271 e. The molecule has 6 heteroatoms. The molecule has 0 bridgehead atoms. The molecule has 2 aromatic rings. The van der Waals surface area contributed by atoms with E-state index in [2.05, 4.69) is 11.4 Å². The van der Waals surface area contributed by atoms with Crippen LogP contribution in [-0.2, 0) is 6.54 Å². The molecule has 0 saturated carbocycles. The number of nitriles is 1. The lowest BCUT2D eigenvalue weighted by molar-refractivity contribution is -0.384. The van der Waals surface area contributed by atoms with E-state index in [0.717, 1.165) is 5.56 Å². The molecule has 0 aromatic heterocycles. The van der Waals surface area contributed by atoms with E-state index in [9.17, 15) is 10.1 Å². The summed E-state index contributed by atoms with van der Waals surface area (Å²) in [5.74, 6) is 0.509. The first kappa shape index (κ1) is 14.3. The standard InChI is InChI=1S/C15H13N3O3/c1-21-15-7-6-13(18(19)20)8-14(15)17-10-12-5-3-2-4-11(12)9-16/h2-8,17H,10H2,1H3. The molecule has 0 spiro atoms. The van der Waals surface area contributed by atoms with Gasteiger partial charge in [0.25, 0.3) is 5.69 Å². The molecule has 0 aliphatic heterocycles. The maximum absolute atomic E-state index is 10.8. The SMILES string of the molecule is COc1ccc([N+](=O)[O-])cc1NCc1ccccc1C#N. The number of anilines is 1. The van der Waals surface area contributed by atoms with Gasteiger partial charge in [-0.2, -0.15) is 5.26 Å². The average molecular weight is 283 g/mol. The minimum Gasteiger partial charge on any atom is -0.495 e. The monoisotopic (exact) mass is 283 g/mol. The van der Waals surface area contributed by atoms with Gasteiger partial charge in [-0.15, -0.1) is 0 Å². The lowest BCUT2D eigenvalue weighted by Crippen LogP contribution is -2.03. The Kier molecular flexibility index (Phi) is 4.36. The highest BCUT2D eigenvalue weighted by Gasteiger charge is 2.11. The van der Waals surface area contributed by atoms with Crippen LogP contribution in [0, 0.1) is 21.4 Å². The highest BCUT2D eigenvalue weighted by Crippen LogP contribution is 2.29. The molecule has 0 amide bonds. The molecule has 21 heavy (non-hydrogen) atoms. The van der Waals surface area contributed by atoms with E-state index in [1.165, 1.54) is 25.3 Å². The fourth-order valence-corrected chi connectivity index (χ4v) is 1.92. The predicted octanol–water partition coefficient (Wildman–Crippen LogP) is 3.09. The second-order valence-corrected chi connectivity index (χ2v) is 4.26. The molecule has 0 saturated heterocycles. The third-order valence-corrected chi connectivity index (χ3v) is 3.00. The minimum absolute atomic E-state index is 0.0214. The number of nitro groups is 1. The molecule has 106 valence electrons. The van der Waals surface area contributed by atoms with Crippen molar-refractivity contribution in [3.63, 3.8) is 0 Å². The summed E-state index contributed by atoms with van der Waals surface area (Å²) in [7, 11) is 1.50. The Balaban J connectivity index is 2.25. The van der Waals surface area contributed by atoms with Crippen molar-refractivity contribution in [2.75, 3.05) is 12.4 Å². The Morgan fingerprint density at radius 2 is 2.10 bits per heavy atom. The summed E-state index contributed by atoms with van der Waals surface area (Å²) in [5.41, 5.74) is 1.87. The van der Waals surface area contributed by atoms with Crippen LogP contribution < -0.4 is 10.1 Å². The van der Waals surface area contributed by atoms with Crippen molar-refractivity contribution in [1.82, 2.24) is 0 Å². The number of nitro benzene ring substituents is 1. The van der Waals surface area contributed by atoms with Crippen molar-refractivity contribution in [2.45, 2.75) is 6.54 Å². The number of methoxy groups -OCH3 is 1. The van der Waals surface area contributed by atoms with Gasteiger partial charge in [0.2, 0.25) is 0 Å². The van der Waals surface area contributed by atoms with Crippen LogP contribution in [0.5, 0.6) is 5.75 Å². The fourth-order valence-electron chi connectivity index (χ4n) is 1.92. The highest BCUT2D eigenvalue weighted by atomic mass is 16.6. The Morgan fingerprint density at radius 1 is 1.33 bits per heavy atom. The summed E-state index contributed by atoms with van der Waals surface area (Å²) in [4.78, 5) is 10.4. The summed E-state index contributed by atoms with van der Waals surface area (Å²) in [6.07, 6.45) is 0. The van der Waals surface area contributed by atoms with Gasteiger partial charge in [0.1, 0.15) is 5.75 Å². The molecule has 1 N–H and O–H groups in total. The Hall–Kier alpha value is -3.07. The molecule has 0 heterocycles. The van der Waals surface area contributed by atoms with Crippen molar-refractivity contribution >= 4 is 11.4 Å². The van der Waals surface area contributed by atoms with Crippen molar-refractivity contribution in [3.05, 3.63) is 63.7 Å². The first-order valence-electron chi connectivity index (χ1n) is 6.20. The van der Waals surface area contributed by atoms with Gasteiger partial charge >= 0.3 is 0 Å². The normalized spacial score (nSPS) is 9.71.